The van der Waals surface area contributed by atoms with E-state index >= 15 is 0 Å². The minimum Gasteiger partial charge on any atom is -0.507 e. The van der Waals surface area contributed by atoms with Crippen LogP contribution >= 0.6 is 0 Å². The molecular formula is C19H21F3N6O3. The summed E-state index contributed by atoms with van der Waals surface area (Å²) in [4.78, 5) is 23.9. The van der Waals surface area contributed by atoms with Crippen LogP contribution in [0.15, 0.2) is 18.2 Å². The van der Waals surface area contributed by atoms with Gasteiger partial charge in [0.2, 0.25) is 0 Å². The molecule has 1 fully saturated rings. The number of aromatic hydroxyl groups is 1. The molecule has 1 saturated heterocycles. The number of nitrogens with zero attached hydrogens (tertiary/aromatic N) is 2. The fourth-order valence-corrected chi connectivity index (χ4v) is 3.41. The third-order valence-corrected chi connectivity index (χ3v) is 4.90. The zero-order valence-corrected chi connectivity index (χ0v) is 16.5. The molecule has 0 spiro atoms. The van der Waals surface area contributed by atoms with Gasteiger partial charge in [0.15, 0.2) is 5.82 Å². The Kier molecular flexibility index (Phi) is 6.29. The first-order valence-corrected chi connectivity index (χ1v) is 9.44. The molecule has 2 heterocycles. The molecule has 31 heavy (non-hydrogen) atoms. The summed E-state index contributed by atoms with van der Waals surface area (Å²) in [6.45, 7) is 2.98. The maximum absolute atomic E-state index is 12.9. The van der Waals surface area contributed by atoms with Crippen LogP contribution in [-0.2, 0) is 6.18 Å². The zero-order chi connectivity index (χ0) is 22.8. The van der Waals surface area contributed by atoms with Crippen molar-refractivity contribution >= 4 is 17.8 Å². The number of piperidine rings is 1. The number of nitrogens with two attached hydrogens (primary N) is 1. The van der Waals surface area contributed by atoms with Gasteiger partial charge in [-0.1, -0.05) is 0 Å². The number of nitrogens with one attached hydrogen (secondary N) is 3. The van der Waals surface area contributed by atoms with Crippen LogP contribution in [0.4, 0.5) is 23.8 Å². The third kappa shape index (κ3) is 5.02. The fourth-order valence-electron chi connectivity index (χ4n) is 3.41. The summed E-state index contributed by atoms with van der Waals surface area (Å²) >= 11 is 0. The molecule has 6 N–H and O–H groups in total. The van der Waals surface area contributed by atoms with Crippen molar-refractivity contribution in [2.75, 3.05) is 18.4 Å². The van der Waals surface area contributed by atoms with E-state index in [0.29, 0.717) is 12.6 Å². The molecule has 1 aliphatic rings. The molecule has 0 bridgehead atoms. The first kappa shape index (κ1) is 22.3. The van der Waals surface area contributed by atoms with Gasteiger partial charge in [0, 0.05) is 18.2 Å². The summed E-state index contributed by atoms with van der Waals surface area (Å²) in [6.07, 6.45) is -2.92. The molecule has 3 amide bonds. The highest BCUT2D eigenvalue weighted by Gasteiger charge is 2.32. The Labute approximate surface area is 175 Å². The highest BCUT2D eigenvalue weighted by Crippen LogP contribution is 2.37. The Bertz CT molecular complexity index is 1010. The van der Waals surface area contributed by atoms with Crippen molar-refractivity contribution in [2.24, 2.45) is 5.73 Å². The number of primary amides is 1. The van der Waals surface area contributed by atoms with Crippen molar-refractivity contribution in [3.63, 3.8) is 0 Å². The number of benzene rings is 1. The van der Waals surface area contributed by atoms with Crippen LogP contribution < -0.4 is 21.7 Å². The number of carbonyl (C=O) groups excluding carboxylic acids is 2. The van der Waals surface area contributed by atoms with E-state index in [0.717, 1.165) is 31.5 Å². The van der Waals surface area contributed by atoms with Crippen molar-refractivity contribution in [3.8, 4) is 17.0 Å². The lowest BCUT2D eigenvalue weighted by molar-refractivity contribution is -0.137. The van der Waals surface area contributed by atoms with Crippen LogP contribution in [-0.4, -0.2) is 46.4 Å². The largest absolute Gasteiger partial charge is 0.507 e. The lowest BCUT2D eigenvalue weighted by Crippen LogP contribution is -2.40. The standard InChI is InChI=1S/C19H21F3N6O3/c1-9-14(17(30)26-18(23)31)16(25-11-3-2-6-24-8-11)28-27-15(9)12-5-4-10(7-13(12)29)19(20,21)22/h4-5,7,11,24,29H,2-3,6,8H2,1H3,(H,25,28)(H3,23,26,30,31)/t11-/m1/s1. The van der Waals surface area contributed by atoms with Crippen LogP contribution in [0, 0.1) is 6.92 Å². The lowest BCUT2D eigenvalue weighted by Gasteiger charge is -2.25. The summed E-state index contributed by atoms with van der Waals surface area (Å²) in [6, 6.07) is 1.28. The Hall–Kier alpha value is -3.41. The monoisotopic (exact) mass is 438 g/mol. The second kappa shape index (κ2) is 8.76. The molecule has 1 aromatic carbocycles. The Morgan fingerprint density at radius 3 is 2.61 bits per heavy atom. The van der Waals surface area contributed by atoms with Crippen molar-refractivity contribution in [1.29, 1.82) is 0 Å². The van der Waals surface area contributed by atoms with E-state index in [4.69, 9.17) is 5.73 Å². The Balaban J connectivity index is 2.06. The molecule has 0 aliphatic carbocycles. The maximum Gasteiger partial charge on any atom is 0.416 e. The number of imide groups is 1. The van der Waals surface area contributed by atoms with Gasteiger partial charge >= 0.3 is 12.2 Å². The number of amides is 3. The number of anilines is 1. The summed E-state index contributed by atoms with van der Waals surface area (Å²) < 4.78 is 38.7. The lowest BCUT2D eigenvalue weighted by atomic mass is 9.99. The molecule has 9 nitrogen and oxygen atoms in total. The van der Waals surface area contributed by atoms with Crippen molar-refractivity contribution in [2.45, 2.75) is 32.0 Å². The highest BCUT2D eigenvalue weighted by molar-refractivity contribution is 6.08. The van der Waals surface area contributed by atoms with Crippen LogP contribution in [0.3, 0.4) is 0 Å². The highest BCUT2D eigenvalue weighted by atomic mass is 19.4. The van der Waals surface area contributed by atoms with E-state index in [1.165, 1.54) is 6.92 Å². The molecule has 0 radical (unpaired) electrons. The first-order chi connectivity index (χ1) is 14.6. The molecule has 166 valence electrons. The Morgan fingerprint density at radius 2 is 2.03 bits per heavy atom. The van der Waals surface area contributed by atoms with Gasteiger partial charge in [-0.05, 0) is 50.1 Å². The van der Waals surface area contributed by atoms with Gasteiger partial charge in [-0.25, -0.2) is 4.79 Å². The number of carbonyl (C=O) groups is 2. The van der Waals surface area contributed by atoms with Gasteiger partial charge in [-0.3, -0.25) is 10.1 Å². The maximum atomic E-state index is 12.9. The Morgan fingerprint density at radius 1 is 1.29 bits per heavy atom. The second-order valence-corrected chi connectivity index (χ2v) is 7.13. The van der Waals surface area contributed by atoms with Gasteiger partial charge < -0.3 is 21.5 Å². The van der Waals surface area contributed by atoms with Gasteiger partial charge in [-0.15, -0.1) is 10.2 Å². The normalized spacial score (nSPS) is 16.6. The molecule has 2 aromatic rings. The summed E-state index contributed by atoms with van der Waals surface area (Å²) in [5.41, 5.74) is 4.13. The molecule has 3 rings (SSSR count). The SMILES string of the molecule is Cc1c(-c2ccc(C(F)(F)F)cc2O)nnc(N[C@@H]2CCCNC2)c1C(=O)NC(N)=O. The average Bonchev–Trinajstić information content (AvgIpc) is 2.68. The van der Waals surface area contributed by atoms with Crippen molar-refractivity contribution < 1.29 is 27.9 Å². The van der Waals surface area contributed by atoms with Gasteiger partial charge in [0.25, 0.3) is 5.91 Å². The molecule has 1 aliphatic heterocycles. The molecular weight excluding hydrogens is 417 g/mol. The smallest absolute Gasteiger partial charge is 0.416 e. The molecule has 12 heteroatoms. The number of rotatable bonds is 4. The molecule has 1 atom stereocenters. The topological polar surface area (TPSA) is 142 Å². The third-order valence-electron chi connectivity index (χ3n) is 4.90. The second-order valence-electron chi connectivity index (χ2n) is 7.13. The van der Waals surface area contributed by atoms with E-state index in [-0.39, 0.29) is 34.2 Å². The molecule has 1 aromatic heterocycles. The number of urea groups is 1. The summed E-state index contributed by atoms with van der Waals surface area (Å²) in [5, 5.41) is 26.5. The summed E-state index contributed by atoms with van der Waals surface area (Å²) in [7, 11) is 0. The van der Waals surface area contributed by atoms with Crippen molar-refractivity contribution in [3.05, 3.63) is 34.9 Å². The average molecular weight is 438 g/mol. The minimum absolute atomic E-state index is 0.00633. The van der Waals surface area contributed by atoms with E-state index in [1.807, 2.05) is 5.32 Å². The van der Waals surface area contributed by atoms with Crippen LogP contribution in [0.5, 0.6) is 5.75 Å². The molecule has 0 unspecified atom stereocenters. The van der Waals surface area contributed by atoms with E-state index in [1.54, 1.807) is 0 Å². The van der Waals surface area contributed by atoms with Crippen LogP contribution in [0.1, 0.15) is 34.3 Å². The zero-order valence-electron chi connectivity index (χ0n) is 16.5. The minimum atomic E-state index is -4.63. The van der Waals surface area contributed by atoms with Crippen LogP contribution in [0.25, 0.3) is 11.3 Å². The number of phenols is 1. The van der Waals surface area contributed by atoms with E-state index in [2.05, 4.69) is 20.8 Å². The van der Waals surface area contributed by atoms with Crippen LogP contribution in [0.2, 0.25) is 0 Å². The van der Waals surface area contributed by atoms with Gasteiger partial charge in [0.1, 0.15) is 11.4 Å². The first-order valence-electron chi connectivity index (χ1n) is 9.44. The number of aromatic nitrogens is 2. The number of phenolic OH excluding ortho intramolecular Hbond substituents is 1. The van der Waals surface area contributed by atoms with Gasteiger partial charge in [-0.2, -0.15) is 13.2 Å². The van der Waals surface area contributed by atoms with E-state index < -0.39 is 29.4 Å². The molecule has 0 saturated carbocycles. The predicted molar refractivity (Wildman–Crippen MR) is 105 cm³/mol. The summed E-state index contributed by atoms with van der Waals surface area (Å²) in [5.74, 6) is -1.43. The number of hydrogen-bond donors (Lipinski definition) is 5. The number of halogens is 3. The number of hydrogen-bond acceptors (Lipinski definition) is 7. The fraction of sp³-hybridized carbons (Fsp3) is 0.368. The number of alkyl halides is 3. The van der Waals surface area contributed by atoms with Crippen molar-refractivity contribution in [1.82, 2.24) is 20.8 Å². The predicted octanol–water partition coefficient (Wildman–Crippen LogP) is 2.15. The van der Waals surface area contributed by atoms with E-state index in [9.17, 15) is 27.9 Å². The quantitative estimate of drug-likeness (QED) is 0.492. The van der Waals surface area contributed by atoms with Gasteiger partial charge in [0.05, 0.1) is 11.1 Å².